The van der Waals surface area contributed by atoms with Crippen LogP contribution in [-0.2, 0) is 4.74 Å². The minimum absolute atomic E-state index is 1.05. The van der Waals surface area contributed by atoms with E-state index in [1.807, 2.05) is 0 Å². The molecule has 0 aromatic heterocycles. The van der Waals surface area contributed by atoms with Gasteiger partial charge in [-0.15, -0.1) is 0 Å². The number of alkyl halides is 3. The lowest BCUT2D eigenvalue weighted by Gasteiger charge is -2.26. The first-order valence-corrected chi connectivity index (χ1v) is 3.36. The van der Waals surface area contributed by atoms with Gasteiger partial charge in [0.25, 0.3) is 0 Å². The predicted octanol–water partition coefficient (Wildman–Crippen LogP) is 1.69. The van der Waals surface area contributed by atoms with E-state index in [4.69, 9.17) is 4.74 Å². The molecule has 1 saturated heterocycles. The molecule has 0 aromatic rings. The molecule has 0 radical (unpaired) electrons. The van der Waals surface area contributed by atoms with Crippen LogP contribution in [0.3, 0.4) is 0 Å². The summed E-state index contributed by atoms with van der Waals surface area (Å²) in [6.07, 6.45) is -0.650. The average molecular weight is 164 g/mol. The minimum atomic E-state index is -3.37. The molecular formula is C7H7F3O. The van der Waals surface area contributed by atoms with E-state index < -0.39 is 23.8 Å². The first-order chi connectivity index (χ1) is 4.97. The van der Waals surface area contributed by atoms with Gasteiger partial charge in [0.2, 0.25) is 0 Å². The van der Waals surface area contributed by atoms with Crippen LogP contribution in [0.5, 0.6) is 0 Å². The zero-order valence-electron chi connectivity index (χ0n) is 5.85. The highest BCUT2D eigenvalue weighted by molar-refractivity contribution is 5.26. The molecule has 0 amide bonds. The van der Waals surface area contributed by atoms with Crippen molar-refractivity contribution in [2.75, 3.05) is 0 Å². The van der Waals surface area contributed by atoms with Crippen molar-refractivity contribution < 1.29 is 17.9 Å². The summed E-state index contributed by atoms with van der Waals surface area (Å²) in [7, 11) is 0. The molecule has 0 aromatic carbocycles. The summed E-state index contributed by atoms with van der Waals surface area (Å²) in [6.45, 7) is 1.20. The molecule has 0 unspecified atom stereocenters. The van der Waals surface area contributed by atoms with Gasteiger partial charge in [0, 0.05) is 0 Å². The van der Waals surface area contributed by atoms with Gasteiger partial charge in [0.05, 0.1) is 0 Å². The number of rotatable bonds is 0. The van der Waals surface area contributed by atoms with Crippen molar-refractivity contribution in [1.29, 1.82) is 0 Å². The summed E-state index contributed by atoms with van der Waals surface area (Å²) in [5.41, 5.74) is -1.71. The van der Waals surface area contributed by atoms with E-state index in [0.717, 1.165) is 0 Å². The SMILES string of the molecule is C[C@]12C=C[C@H](O1)[C@@H](F)C2(F)F. The molecule has 0 aliphatic carbocycles. The van der Waals surface area contributed by atoms with Crippen LogP contribution in [0.2, 0.25) is 0 Å². The van der Waals surface area contributed by atoms with Gasteiger partial charge >= 0.3 is 5.92 Å². The molecule has 4 heteroatoms. The summed E-state index contributed by atoms with van der Waals surface area (Å²) >= 11 is 0. The van der Waals surface area contributed by atoms with E-state index in [1.165, 1.54) is 19.1 Å². The van der Waals surface area contributed by atoms with Gasteiger partial charge in [0.1, 0.15) is 6.10 Å². The fraction of sp³-hybridized carbons (Fsp3) is 0.714. The summed E-state index contributed by atoms with van der Waals surface area (Å²) in [5.74, 6) is -3.37. The van der Waals surface area contributed by atoms with Gasteiger partial charge in [-0.3, -0.25) is 0 Å². The van der Waals surface area contributed by atoms with Gasteiger partial charge < -0.3 is 4.74 Å². The topological polar surface area (TPSA) is 9.23 Å². The van der Waals surface area contributed by atoms with Gasteiger partial charge in [-0.25, -0.2) is 4.39 Å². The van der Waals surface area contributed by atoms with Gasteiger partial charge in [-0.1, -0.05) is 6.08 Å². The fourth-order valence-electron chi connectivity index (χ4n) is 1.47. The van der Waals surface area contributed by atoms with E-state index in [-0.39, 0.29) is 0 Å². The first-order valence-electron chi connectivity index (χ1n) is 3.36. The Bertz CT molecular complexity index is 226. The minimum Gasteiger partial charge on any atom is -0.354 e. The molecule has 2 bridgehead atoms. The van der Waals surface area contributed by atoms with E-state index in [1.54, 1.807) is 0 Å². The lowest BCUT2D eigenvalue weighted by atomic mass is 9.91. The summed E-state index contributed by atoms with van der Waals surface area (Å²) in [4.78, 5) is 0. The number of ether oxygens (including phenoxy) is 1. The average Bonchev–Trinajstić information content (AvgIpc) is 2.36. The number of fused-ring (bicyclic) bond motifs is 2. The smallest absolute Gasteiger partial charge is 0.313 e. The largest absolute Gasteiger partial charge is 0.354 e. The highest BCUT2D eigenvalue weighted by atomic mass is 19.3. The Balaban J connectivity index is 2.45. The summed E-state index contributed by atoms with van der Waals surface area (Å²) in [5, 5.41) is 0. The number of halogens is 3. The number of hydrogen-bond acceptors (Lipinski definition) is 1. The van der Waals surface area contributed by atoms with Crippen molar-refractivity contribution in [3.05, 3.63) is 12.2 Å². The molecule has 1 fully saturated rings. The Morgan fingerprint density at radius 2 is 2.09 bits per heavy atom. The Hall–Kier alpha value is -0.510. The molecule has 0 saturated carbocycles. The number of hydrogen-bond donors (Lipinski definition) is 0. The predicted molar refractivity (Wildman–Crippen MR) is 32.3 cm³/mol. The van der Waals surface area contributed by atoms with E-state index in [0.29, 0.717) is 0 Å². The normalized spacial score (nSPS) is 52.0. The van der Waals surface area contributed by atoms with Crippen LogP contribution < -0.4 is 0 Å². The molecule has 2 rings (SSSR count). The summed E-state index contributed by atoms with van der Waals surface area (Å²) in [6, 6.07) is 0. The van der Waals surface area contributed by atoms with Crippen molar-refractivity contribution in [3.8, 4) is 0 Å². The van der Waals surface area contributed by atoms with Crippen molar-refractivity contribution in [3.63, 3.8) is 0 Å². The van der Waals surface area contributed by atoms with Crippen LogP contribution in [0.25, 0.3) is 0 Å². The van der Waals surface area contributed by atoms with Crippen LogP contribution in [0.4, 0.5) is 13.2 Å². The Morgan fingerprint density at radius 1 is 1.45 bits per heavy atom. The third-order valence-corrected chi connectivity index (χ3v) is 2.28. The first kappa shape index (κ1) is 7.16. The van der Waals surface area contributed by atoms with Crippen molar-refractivity contribution in [2.24, 2.45) is 0 Å². The van der Waals surface area contributed by atoms with Gasteiger partial charge in [-0.2, -0.15) is 8.78 Å². The van der Waals surface area contributed by atoms with Crippen LogP contribution >= 0.6 is 0 Å². The maximum atomic E-state index is 12.9. The second-order valence-corrected chi connectivity index (χ2v) is 3.07. The molecule has 3 atom stereocenters. The molecule has 62 valence electrons. The Morgan fingerprint density at radius 3 is 2.36 bits per heavy atom. The van der Waals surface area contributed by atoms with Crippen LogP contribution in [0.15, 0.2) is 12.2 Å². The molecule has 2 aliphatic rings. The highest BCUT2D eigenvalue weighted by Crippen LogP contribution is 2.50. The van der Waals surface area contributed by atoms with Crippen LogP contribution in [-0.4, -0.2) is 23.8 Å². The maximum Gasteiger partial charge on any atom is 0.313 e. The Labute approximate surface area is 61.8 Å². The fourth-order valence-corrected chi connectivity index (χ4v) is 1.47. The molecule has 2 heterocycles. The monoisotopic (exact) mass is 164 g/mol. The van der Waals surface area contributed by atoms with Gasteiger partial charge in [-0.05, 0) is 13.0 Å². The Kier molecular flexibility index (Phi) is 1.06. The maximum absolute atomic E-state index is 12.9. The van der Waals surface area contributed by atoms with E-state index in [9.17, 15) is 13.2 Å². The lowest BCUT2D eigenvalue weighted by Crippen LogP contribution is -2.46. The molecule has 1 nitrogen and oxygen atoms in total. The van der Waals surface area contributed by atoms with Crippen molar-refractivity contribution >= 4 is 0 Å². The van der Waals surface area contributed by atoms with Gasteiger partial charge in [0.15, 0.2) is 11.8 Å². The second-order valence-electron chi connectivity index (χ2n) is 3.07. The molecule has 2 aliphatic heterocycles. The zero-order chi connectivity index (χ0) is 8.28. The van der Waals surface area contributed by atoms with Crippen LogP contribution in [0.1, 0.15) is 6.92 Å². The second kappa shape index (κ2) is 1.63. The molecular weight excluding hydrogens is 157 g/mol. The van der Waals surface area contributed by atoms with E-state index in [2.05, 4.69) is 0 Å². The third-order valence-electron chi connectivity index (χ3n) is 2.28. The third kappa shape index (κ3) is 0.612. The van der Waals surface area contributed by atoms with Crippen molar-refractivity contribution in [2.45, 2.75) is 30.7 Å². The van der Waals surface area contributed by atoms with Crippen molar-refractivity contribution in [1.82, 2.24) is 0 Å². The molecule has 11 heavy (non-hydrogen) atoms. The van der Waals surface area contributed by atoms with E-state index >= 15 is 0 Å². The quantitative estimate of drug-likeness (QED) is 0.495. The zero-order valence-corrected chi connectivity index (χ0v) is 5.85. The molecule has 0 spiro atoms. The lowest BCUT2D eigenvalue weighted by molar-refractivity contribution is -0.123. The molecule has 0 N–H and O–H groups in total. The summed E-state index contributed by atoms with van der Waals surface area (Å²) < 4.78 is 43.2. The highest BCUT2D eigenvalue weighted by Gasteiger charge is 2.68. The standard InChI is InChI=1S/C7H7F3O/c1-6-3-2-4(11-6)5(8)7(6,9)10/h2-5H,1H3/t4-,5+,6+/m0/s1. The van der Waals surface area contributed by atoms with Crippen LogP contribution in [0, 0.1) is 0 Å².